The number of carbonyl (C=O) groups is 1. The lowest BCUT2D eigenvalue weighted by Crippen LogP contribution is -2.36. The Balaban J connectivity index is 1.76. The number of aromatic nitrogens is 1. The van der Waals surface area contributed by atoms with Crippen LogP contribution in [-0.2, 0) is 31.6 Å². The second kappa shape index (κ2) is 14.2. The predicted octanol–water partition coefficient (Wildman–Crippen LogP) is 4.93. The summed E-state index contributed by atoms with van der Waals surface area (Å²) in [4.78, 5) is 14.5. The summed E-state index contributed by atoms with van der Waals surface area (Å²) in [6, 6.07) is 9.04. The zero-order chi connectivity index (χ0) is 32.2. The maximum atomic E-state index is 11.7. The number of fused-ring (bicyclic) bond motifs is 2. The van der Waals surface area contributed by atoms with Gasteiger partial charge in [0.15, 0.2) is 6.54 Å². The molecule has 2 heterocycles. The van der Waals surface area contributed by atoms with Crippen molar-refractivity contribution in [3.63, 3.8) is 0 Å². The molecule has 0 unspecified atom stereocenters. The third-order valence-electron chi connectivity index (χ3n) is 6.63. The average Bonchev–Trinajstić information content (AvgIpc) is 3.42. The summed E-state index contributed by atoms with van der Waals surface area (Å²) in [5.74, 6) is -0.739. The number of allylic oxidation sites excluding steroid dienone is 2. The van der Waals surface area contributed by atoms with Crippen molar-refractivity contribution in [2.24, 2.45) is 0 Å². The molecule has 1 amide bonds. The van der Waals surface area contributed by atoms with Gasteiger partial charge < -0.3 is 24.1 Å². The van der Waals surface area contributed by atoms with Crippen molar-refractivity contribution in [2.75, 3.05) is 35.4 Å². The van der Waals surface area contributed by atoms with Gasteiger partial charge in [0.1, 0.15) is 10.4 Å². The standard InChI is InChI=1S/C28H32ClN3O8S4/c1-4-19(14-28-32(10-6-12-44(37,38)39)23-16-21(29)24(40-3)17-26(23)42-28)13-27-31(9-5-11-43(34,35)36)22-15-20(30-18(2)33)7-8-25(22)41-27/h7-8,13-17H,4-6,9-12H2,1-3H3,(H2-,30,33,34,35,36,37,38,39)/p-1. The normalized spacial score (nSPS) is 14.8. The van der Waals surface area contributed by atoms with E-state index in [9.17, 15) is 30.7 Å². The largest absolute Gasteiger partial charge is 0.748 e. The molecule has 0 bridgehead atoms. The Labute approximate surface area is 270 Å². The fraction of sp³-hybridized carbons (Fsp3) is 0.357. The van der Waals surface area contributed by atoms with E-state index in [4.69, 9.17) is 16.3 Å². The van der Waals surface area contributed by atoms with E-state index in [1.54, 1.807) is 12.1 Å². The van der Waals surface area contributed by atoms with Crippen LogP contribution in [0.15, 0.2) is 51.9 Å². The average molecular weight is 701 g/mol. The van der Waals surface area contributed by atoms with Crippen molar-refractivity contribution in [2.45, 2.75) is 44.6 Å². The summed E-state index contributed by atoms with van der Waals surface area (Å²) >= 11 is 9.36. The molecule has 0 fully saturated rings. The van der Waals surface area contributed by atoms with Crippen molar-refractivity contribution < 1.29 is 40.0 Å². The van der Waals surface area contributed by atoms with Crippen molar-refractivity contribution in [1.29, 1.82) is 0 Å². The van der Waals surface area contributed by atoms with Crippen LogP contribution in [0.2, 0.25) is 5.02 Å². The van der Waals surface area contributed by atoms with Crippen LogP contribution in [0.1, 0.15) is 38.1 Å². The lowest BCUT2D eigenvalue weighted by Gasteiger charge is -2.22. The van der Waals surface area contributed by atoms with E-state index in [2.05, 4.69) is 5.32 Å². The Kier molecular flexibility index (Phi) is 11.0. The van der Waals surface area contributed by atoms with E-state index in [1.807, 2.05) is 46.7 Å². The molecule has 4 rings (SSSR count). The van der Waals surface area contributed by atoms with Gasteiger partial charge in [-0.1, -0.05) is 41.6 Å². The van der Waals surface area contributed by atoms with Crippen LogP contribution in [-0.4, -0.2) is 57.0 Å². The van der Waals surface area contributed by atoms with Crippen LogP contribution in [0.4, 0.5) is 11.4 Å². The van der Waals surface area contributed by atoms with E-state index in [-0.39, 0.29) is 31.8 Å². The predicted molar refractivity (Wildman–Crippen MR) is 172 cm³/mol. The van der Waals surface area contributed by atoms with Gasteiger partial charge in [-0.15, -0.1) is 0 Å². The molecule has 238 valence electrons. The Bertz CT molecular complexity index is 1850. The first kappa shape index (κ1) is 34.2. The van der Waals surface area contributed by atoms with Crippen LogP contribution in [0.5, 0.6) is 5.75 Å². The molecule has 0 atom stereocenters. The summed E-state index contributed by atoms with van der Waals surface area (Å²) in [7, 11) is -7.26. The minimum Gasteiger partial charge on any atom is -0.748 e. The van der Waals surface area contributed by atoms with Gasteiger partial charge in [-0.2, -0.15) is 4.57 Å². The first-order chi connectivity index (χ1) is 20.7. The molecular formula is C28H31ClN3O8S4-. The van der Waals surface area contributed by atoms with Gasteiger partial charge >= 0.3 is 0 Å². The molecule has 11 nitrogen and oxygen atoms in total. The van der Waals surface area contributed by atoms with E-state index < -0.39 is 31.7 Å². The minimum absolute atomic E-state index is 0.111. The number of thiazole rings is 1. The first-order valence-electron chi connectivity index (χ1n) is 13.5. The van der Waals surface area contributed by atoms with Gasteiger partial charge in [0.05, 0.1) is 43.1 Å². The van der Waals surface area contributed by atoms with Crippen LogP contribution in [0, 0.1) is 0 Å². The second-order valence-corrected chi connectivity index (χ2v) is 15.5. The van der Waals surface area contributed by atoms with Gasteiger partial charge in [-0.25, -0.2) is 16.8 Å². The van der Waals surface area contributed by atoms with Crippen LogP contribution in [0.25, 0.3) is 16.3 Å². The smallest absolute Gasteiger partial charge is 0.263 e. The summed E-state index contributed by atoms with van der Waals surface area (Å²) in [5, 5.41) is 4.77. The number of thioether (sulfide) groups is 1. The number of ether oxygens (including phenoxy) is 1. The molecule has 44 heavy (non-hydrogen) atoms. The third-order valence-corrected chi connectivity index (χ3v) is 10.7. The van der Waals surface area contributed by atoms with Gasteiger partial charge in [0, 0.05) is 60.2 Å². The Morgan fingerprint density at radius 1 is 1.11 bits per heavy atom. The lowest BCUT2D eigenvalue weighted by molar-refractivity contribution is -0.668. The van der Waals surface area contributed by atoms with Crippen molar-refractivity contribution in [3.8, 4) is 5.75 Å². The van der Waals surface area contributed by atoms with Crippen LogP contribution < -0.4 is 19.5 Å². The number of halogens is 1. The first-order valence-corrected chi connectivity index (χ1v) is 18.7. The number of hydrogen-bond donors (Lipinski definition) is 1. The van der Waals surface area contributed by atoms with E-state index in [0.29, 0.717) is 22.9 Å². The highest BCUT2D eigenvalue weighted by Gasteiger charge is 2.27. The number of methoxy groups -OCH3 is 1. The zero-order valence-corrected chi connectivity index (χ0v) is 28.2. The summed E-state index contributed by atoms with van der Waals surface area (Å²) in [6.07, 6.45) is 4.82. The molecule has 0 saturated heterocycles. The molecule has 3 aromatic rings. The number of hydrogen-bond acceptors (Lipinski definition) is 11. The Morgan fingerprint density at radius 2 is 1.82 bits per heavy atom. The fourth-order valence-electron chi connectivity index (χ4n) is 4.68. The topological polar surface area (TPSA) is 160 Å². The van der Waals surface area contributed by atoms with Gasteiger partial charge in [0.2, 0.25) is 11.4 Å². The molecular weight excluding hydrogens is 670 g/mol. The van der Waals surface area contributed by atoms with E-state index >= 15 is 0 Å². The fourth-order valence-corrected chi connectivity index (χ4v) is 8.20. The van der Waals surface area contributed by atoms with Gasteiger partial charge in [0.25, 0.3) is 5.01 Å². The highest BCUT2D eigenvalue weighted by atomic mass is 35.5. The molecule has 1 N–H and O–H groups in total. The van der Waals surface area contributed by atoms with Gasteiger partial charge in [-0.05, 0) is 42.7 Å². The SMILES string of the molecule is CCC(=Cc1sc2cc(OC)c(Cl)cc2[n+]1CCCS(=O)(=O)[O-])C=C1Sc2ccc(NC(C)=O)cc2N1CCCS(=O)(=O)[O-]. The summed E-state index contributed by atoms with van der Waals surface area (Å²) in [5.41, 5.74) is 3.06. The number of nitrogens with zero attached hydrogens (tertiary/aromatic N) is 2. The monoisotopic (exact) mass is 700 g/mol. The minimum atomic E-state index is -4.39. The van der Waals surface area contributed by atoms with E-state index in [0.717, 1.165) is 36.4 Å². The van der Waals surface area contributed by atoms with Crippen LogP contribution >= 0.6 is 34.7 Å². The number of aryl methyl sites for hydroxylation is 1. The van der Waals surface area contributed by atoms with Crippen molar-refractivity contribution in [1.82, 2.24) is 0 Å². The lowest BCUT2D eigenvalue weighted by atomic mass is 10.2. The molecule has 1 aromatic heterocycles. The quantitative estimate of drug-likeness (QED) is 0.191. The van der Waals surface area contributed by atoms with Crippen LogP contribution in [0.3, 0.4) is 0 Å². The molecule has 1 aliphatic heterocycles. The molecule has 0 spiro atoms. The highest BCUT2D eigenvalue weighted by Crippen LogP contribution is 2.47. The molecule has 1 aliphatic rings. The molecule has 0 saturated carbocycles. The number of anilines is 2. The number of rotatable bonds is 13. The number of amides is 1. The maximum absolute atomic E-state index is 11.7. The third kappa shape index (κ3) is 8.96. The number of nitrogens with one attached hydrogen (secondary N) is 1. The van der Waals surface area contributed by atoms with Crippen molar-refractivity contribution >= 4 is 88.5 Å². The zero-order valence-electron chi connectivity index (χ0n) is 24.2. The molecule has 2 aromatic carbocycles. The molecule has 0 radical (unpaired) electrons. The van der Waals surface area contributed by atoms with Gasteiger partial charge in [-0.3, -0.25) is 4.79 Å². The number of carbonyl (C=O) groups excluding carboxylic acids is 1. The Morgan fingerprint density at radius 3 is 2.45 bits per heavy atom. The Hall–Kier alpha value is -2.66. The number of benzene rings is 2. The molecule has 16 heteroatoms. The summed E-state index contributed by atoms with van der Waals surface area (Å²) in [6.45, 7) is 3.93. The highest BCUT2D eigenvalue weighted by molar-refractivity contribution is 8.03. The second-order valence-electron chi connectivity index (χ2n) is 9.95. The molecule has 0 aliphatic carbocycles. The summed E-state index contributed by atoms with van der Waals surface area (Å²) < 4.78 is 76.0. The van der Waals surface area contributed by atoms with E-state index in [1.165, 1.54) is 37.1 Å². The maximum Gasteiger partial charge on any atom is 0.263 e. The van der Waals surface area contributed by atoms with Crippen molar-refractivity contribution in [3.05, 3.63) is 57.0 Å².